The van der Waals surface area contributed by atoms with Crippen LogP contribution in [0, 0.1) is 13.8 Å². The number of piperazine rings is 1. The minimum Gasteiger partial charge on any atom is -0.314 e. The van der Waals surface area contributed by atoms with Crippen LogP contribution in [0.15, 0.2) is 18.2 Å². The van der Waals surface area contributed by atoms with Crippen molar-refractivity contribution in [3.8, 4) is 0 Å². The van der Waals surface area contributed by atoms with Crippen LogP contribution in [-0.2, 0) is 0 Å². The zero-order valence-electron chi connectivity index (χ0n) is 11.4. The van der Waals surface area contributed by atoms with Crippen molar-refractivity contribution in [2.45, 2.75) is 26.3 Å². The third kappa shape index (κ3) is 3.09. The van der Waals surface area contributed by atoms with E-state index in [4.69, 9.17) is 0 Å². The molecule has 1 aromatic rings. The van der Waals surface area contributed by atoms with Crippen molar-refractivity contribution in [3.63, 3.8) is 0 Å². The lowest BCUT2D eigenvalue weighted by Gasteiger charge is -2.35. The van der Waals surface area contributed by atoms with E-state index in [9.17, 15) is 4.39 Å². The Balaban J connectivity index is 2.24. The van der Waals surface area contributed by atoms with Crippen molar-refractivity contribution in [2.24, 2.45) is 0 Å². The first-order valence-electron chi connectivity index (χ1n) is 6.80. The van der Waals surface area contributed by atoms with Crippen LogP contribution in [0.25, 0.3) is 0 Å². The van der Waals surface area contributed by atoms with Crippen LogP contribution in [0.4, 0.5) is 4.39 Å². The van der Waals surface area contributed by atoms with E-state index in [2.05, 4.69) is 42.3 Å². The van der Waals surface area contributed by atoms with Crippen molar-refractivity contribution in [2.75, 3.05) is 32.9 Å². The first-order chi connectivity index (χ1) is 8.72. The summed E-state index contributed by atoms with van der Waals surface area (Å²) in [4.78, 5) is 2.41. The number of alkyl halides is 1. The number of nitrogens with zero attached hydrogens (tertiary/aromatic N) is 1. The number of nitrogens with one attached hydrogen (secondary N) is 1. The topological polar surface area (TPSA) is 15.3 Å². The molecule has 1 atom stereocenters. The quantitative estimate of drug-likeness (QED) is 0.883. The van der Waals surface area contributed by atoms with Gasteiger partial charge in [-0.05, 0) is 31.4 Å². The molecule has 0 aromatic heterocycles. The van der Waals surface area contributed by atoms with Gasteiger partial charge in [-0.25, -0.2) is 0 Å². The predicted molar refractivity (Wildman–Crippen MR) is 73.7 cm³/mol. The first-order valence-corrected chi connectivity index (χ1v) is 6.80. The standard InChI is InChI=1S/C15H23FN2/c1-12-3-4-13(2)14(11-12)15(5-6-16)18-9-7-17-8-10-18/h3-4,11,15,17H,5-10H2,1-2H3/t15-/m1/s1. The number of hydrogen-bond acceptors (Lipinski definition) is 2. The maximum atomic E-state index is 12.9. The van der Waals surface area contributed by atoms with E-state index in [1.54, 1.807) is 0 Å². The third-order valence-corrected chi connectivity index (χ3v) is 3.77. The lowest BCUT2D eigenvalue weighted by molar-refractivity contribution is 0.157. The monoisotopic (exact) mass is 250 g/mol. The molecule has 1 N–H and O–H groups in total. The third-order valence-electron chi connectivity index (χ3n) is 3.77. The molecule has 100 valence electrons. The zero-order chi connectivity index (χ0) is 13.0. The summed E-state index contributed by atoms with van der Waals surface area (Å²) in [5.41, 5.74) is 3.83. The highest BCUT2D eigenvalue weighted by atomic mass is 19.1. The van der Waals surface area contributed by atoms with Gasteiger partial charge in [-0.2, -0.15) is 0 Å². The highest BCUT2D eigenvalue weighted by molar-refractivity contribution is 5.33. The molecule has 1 saturated heterocycles. The Labute approximate surface area is 109 Å². The summed E-state index contributed by atoms with van der Waals surface area (Å²) < 4.78 is 12.9. The second-order valence-corrected chi connectivity index (χ2v) is 5.14. The van der Waals surface area contributed by atoms with Crippen molar-refractivity contribution >= 4 is 0 Å². The molecule has 2 nitrogen and oxygen atoms in total. The molecule has 0 aliphatic carbocycles. The van der Waals surface area contributed by atoms with E-state index in [0.29, 0.717) is 6.42 Å². The molecule has 0 amide bonds. The zero-order valence-corrected chi connectivity index (χ0v) is 11.4. The van der Waals surface area contributed by atoms with Gasteiger partial charge in [0.15, 0.2) is 0 Å². The normalized spacial score (nSPS) is 18.8. The van der Waals surface area contributed by atoms with E-state index in [1.165, 1.54) is 16.7 Å². The van der Waals surface area contributed by atoms with Gasteiger partial charge >= 0.3 is 0 Å². The van der Waals surface area contributed by atoms with Gasteiger partial charge in [0.05, 0.1) is 6.67 Å². The second-order valence-electron chi connectivity index (χ2n) is 5.14. The van der Waals surface area contributed by atoms with Crippen LogP contribution in [-0.4, -0.2) is 37.8 Å². The van der Waals surface area contributed by atoms with Crippen molar-refractivity contribution in [1.82, 2.24) is 10.2 Å². The minimum absolute atomic E-state index is 0.233. The van der Waals surface area contributed by atoms with Crippen molar-refractivity contribution in [3.05, 3.63) is 34.9 Å². The van der Waals surface area contributed by atoms with Crippen LogP contribution in [0.2, 0.25) is 0 Å². The van der Waals surface area contributed by atoms with Crippen molar-refractivity contribution < 1.29 is 4.39 Å². The van der Waals surface area contributed by atoms with E-state index >= 15 is 0 Å². The molecule has 0 spiro atoms. The van der Waals surface area contributed by atoms with Gasteiger partial charge in [-0.15, -0.1) is 0 Å². The Morgan fingerprint density at radius 2 is 2.00 bits per heavy atom. The molecule has 18 heavy (non-hydrogen) atoms. The van der Waals surface area contributed by atoms with Gasteiger partial charge < -0.3 is 5.32 Å². The summed E-state index contributed by atoms with van der Waals surface area (Å²) in [6, 6.07) is 6.73. The second kappa shape index (κ2) is 6.30. The molecule has 0 bridgehead atoms. The van der Waals surface area contributed by atoms with Crippen LogP contribution in [0.5, 0.6) is 0 Å². The SMILES string of the molecule is Cc1ccc(C)c([C@@H](CCF)N2CCNCC2)c1. The van der Waals surface area contributed by atoms with Crippen LogP contribution < -0.4 is 5.32 Å². The van der Waals surface area contributed by atoms with E-state index in [0.717, 1.165) is 26.2 Å². The number of rotatable bonds is 4. The summed E-state index contributed by atoms with van der Waals surface area (Å²) in [6.45, 7) is 8.02. The number of halogens is 1. The summed E-state index contributed by atoms with van der Waals surface area (Å²) >= 11 is 0. The molecule has 0 unspecified atom stereocenters. The average molecular weight is 250 g/mol. The molecule has 1 fully saturated rings. The molecular weight excluding hydrogens is 227 g/mol. The highest BCUT2D eigenvalue weighted by Crippen LogP contribution is 2.28. The lowest BCUT2D eigenvalue weighted by atomic mass is 9.95. The fourth-order valence-electron chi connectivity index (χ4n) is 2.75. The van der Waals surface area contributed by atoms with Crippen LogP contribution in [0.1, 0.15) is 29.2 Å². The first kappa shape index (κ1) is 13.5. The smallest absolute Gasteiger partial charge is 0.0912 e. The molecule has 3 heteroatoms. The molecule has 1 aliphatic rings. The van der Waals surface area contributed by atoms with Crippen LogP contribution in [0.3, 0.4) is 0 Å². The predicted octanol–water partition coefficient (Wildman–Crippen LogP) is 2.61. The van der Waals surface area contributed by atoms with E-state index < -0.39 is 0 Å². The Morgan fingerprint density at radius 3 is 2.67 bits per heavy atom. The van der Waals surface area contributed by atoms with Gasteiger partial charge in [0.25, 0.3) is 0 Å². The number of hydrogen-bond donors (Lipinski definition) is 1. The lowest BCUT2D eigenvalue weighted by Crippen LogP contribution is -2.45. The van der Waals surface area contributed by atoms with Crippen LogP contribution >= 0.6 is 0 Å². The molecule has 2 rings (SSSR count). The maximum absolute atomic E-state index is 12.9. The van der Waals surface area contributed by atoms with Gasteiger partial charge in [0.1, 0.15) is 0 Å². The molecule has 0 saturated carbocycles. The minimum atomic E-state index is -0.248. The summed E-state index contributed by atoms with van der Waals surface area (Å²) in [7, 11) is 0. The number of aryl methyl sites for hydroxylation is 2. The van der Waals surface area contributed by atoms with Gasteiger partial charge in [0.2, 0.25) is 0 Å². The van der Waals surface area contributed by atoms with E-state index in [1.807, 2.05) is 0 Å². The summed E-state index contributed by atoms with van der Waals surface area (Å²) in [5.74, 6) is 0. The molecule has 1 aromatic carbocycles. The fourth-order valence-corrected chi connectivity index (χ4v) is 2.75. The Hall–Kier alpha value is -0.930. The van der Waals surface area contributed by atoms with Crippen molar-refractivity contribution in [1.29, 1.82) is 0 Å². The Kier molecular flexibility index (Phi) is 4.72. The van der Waals surface area contributed by atoms with Gasteiger partial charge in [-0.1, -0.05) is 23.8 Å². The maximum Gasteiger partial charge on any atom is 0.0912 e. The Morgan fingerprint density at radius 1 is 1.28 bits per heavy atom. The van der Waals surface area contributed by atoms with E-state index in [-0.39, 0.29) is 12.7 Å². The van der Waals surface area contributed by atoms with Gasteiger partial charge in [0, 0.05) is 32.2 Å². The molecule has 1 heterocycles. The highest BCUT2D eigenvalue weighted by Gasteiger charge is 2.23. The molecular formula is C15H23FN2. The Bertz CT molecular complexity index is 386. The number of benzene rings is 1. The average Bonchev–Trinajstić information content (AvgIpc) is 2.40. The largest absolute Gasteiger partial charge is 0.314 e. The molecule has 1 aliphatic heterocycles. The summed E-state index contributed by atoms with van der Waals surface area (Å²) in [6.07, 6.45) is 0.601. The molecule has 0 radical (unpaired) electrons. The fraction of sp³-hybridized carbons (Fsp3) is 0.600. The summed E-state index contributed by atoms with van der Waals surface area (Å²) in [5, 5.41) is 3.35. The van der Waals surface area contributed by atoms with Gasteiger partial charge in [-0.3, -0.25) is 9.29 Å².